The summed E-state index contributed by atoms with van der Waals surface area (Å²) in [4.78, 5) is 10.9. The lowest BCUT2D eigenvalue weighted by Crippen LogP contribution is -2.34. The topological polar surface area (TPSA) is 38.3 Å². The van der Waals surface area contributed by atoms with Crippen molar-refractivity contribution in [2.75, 3.05) is 13.7 Å². The van der Waals surface area contributed by atoms with E-state index in [2.05, 4.69) is 17.0 Å². The predicted octanol–water partition coefficient (Wildman–Crippen LogP) is 0.938. The summed E-state index contributed by atoms with van der Waals surface area (Å²) in [5.41, 5.74) is 0. The Labute approximate surface area is 68.1 Å². The molecule has 1 atom stereocenters. The molecule has 0 aliphatic rings. The zero-order chi connectivity index (χ0) is 8.69. The largest absolute Gasteiger partial charge is 0.375 e. The molecule has 0 bridgehead atoms. The van der Waals surface area contributed by atoms with Gasteiger partial charge in [0.15, 0.2) is 0 Å². The minimum absolute atomic E-state index is 0.0338. The first-order chi connectivity index (χ1) is 5.20. The fraction of sp³-hybridized carbons (Fsp3) is 0.875. The number of rotatable bonds is 5. The van der Waals surface area contributed by atoms with Gasteiger partial charge >= 0.3 is 0 Å². The van der Waals surface area contributed by atoms with Crippen LogP contribution in [-0.4, -0.2) is 25.7 Å². The quantitative estimate of drug-likeness (QED) is 0.648. The van der Waals surface area contributed by atoms with Gasteiger partial charge in [-0.25, -0.2) is 0 Å². The minimum atomic E-state index is -0.0338. The number of amides is 1. The van der Waals surface area contributed by atoms with Gasteiger partial charge in [0.25, 0.3) is 0 Å². The van der Waals surface area contributed by atoms with Gasteiger partial charge in [-0.1, -0.05) is 13.3 Å². The van der Waals surface area contributed by atoms with Crippen molar-refractivity contribution < 1.29 is 9.53 Å². The van der Waals surface area contributed by atoms with Crippen molar-refractivity contribution in [3.8, 4) is 0 Å². The van der Waals surface area contributed by atoms with Gasteiger partial charge in [0.2, 0.25) is 5.91 Å². The Morgan fingerprint density at radius 3 is 2.73 bits per heavy atom. The molecule has 1 amide bonds. The Hall–Kier alpha value is -0.570. The van der Waals surface area contributed by atoms with Gasteiger partial charge in [-0.2, -0.15) is 0 Å². The van der Waals surface area contributed by atoms with Crippen molar-refractivity contribution in [3.05, 3.63) is 0 Å². The number of hydrogen-bond donors (Lipinski definition) is 1. The summed E-state index contributed by atoms with van der Waals surface area (Å²) in [6.07, 6.45) is 2.11. The smallest absolute Gasteiger partial charge is 0.246 e. The first-order valence-corrected chi connectivity index (χ1v) is 3.99. The molecule has 0 aliphatic carbocycles. The van der Waals surface area contributed by atoms with Crippen LogP contribution in [-0.2, 0) is 9.53 Å². The van der Waals surface area contributed by atoms with Gasteiger partial charge in [-0.3, -0.25) is 4.79 Å². The second-order valence-corrected chi connectivity index (χ2v) is 2.69. The van der Waals surface area contributed by atoms with E-state index in [1.807, 2.05) is 6.92 Å². The van der Waals surface area contributed by atoms with E-state index >= 15 is 0 Å². The second-order valence-electron chi connectivity index (χ2n) is 2.69. The predicted molar refractivity (Wildman–Crippen MR) is 44.4 cm³/mol. The fourth-order valence-electron chi connectivity index (χ4n) is 0.953. The Morgan fingerprint density at radius 2 is 2.27 bits per heavy atom. The van der Waals surface area contributed by atoms with Crippen LogP contribution in [0.2, 0.25) is 0 Å². The lowest BCUT2D eigenvalue weighted by atomic mass is 10.2. The number of ether oxygens (including phenoxy) is 1. The Kier molecular flexibility index (Phi) is 5.84. The van der Waals surface area contributed by atoms with E-state index in [1.165, 1.54) is 7.11 Å². The lowest BCUT2D eigenvalue weighted by Gasteiger charge is -2.11. The van der Waals surface area contributed by atoms with Crippen LogP contribution in [0.4, 0.5) is 0 Å². The molecule has 0 saturated heterocycles. The highest BCUT2D eigenvalue weighted by Gasteiger charge is 2.04. The summed E-state index contributed by atoms with van der Waals surface area (Å²) in [5, 5.41) is 2.82. The maximum atomic E-state index is 10.9. The molecule has 66 valence electrons. The molecule has 0 rings (SSSR count). The molecular weight excluding hydrogens is 142 g/mol. The average molecular weight is 159 g/mol. The fourth-order valence-corrected chi connectivity index (χ4v) is 0.953. The normalized spacial score (nSPS) is 12.6. The van der Waals surface area contributed by atoms with Gasteiger partial charge in [-0.15, -0.1) is 0 Å². The minimum Gasteiger partial charge on any atom is -0.375 e. The Bertz CT molecular complexity index is 115. The monoisotopic (exact) mass is 159 g/mol. The van der Waals surface area contributed by atoms with Crippen molar-refractivity contribution in [2.45, 2.75) is 32.7 Å². The number of nitrogens with one attached hydrogen (secondary N) is 1. The van der Waals surface area contributed by atoms with Crippen molar-refractivity contribution in [1.82, 2.24) is 5.32 Å². The molecule has 0 unspecified atom stereocenters. The van der Waals surface area contributed by atoms with E-state index in [9.17, 15) is 4.79 Å². The summed E-state index contributed by atoms with van der Waals surface area (Å²) in [7, 11) is 1.52. The maximum Gasteiger partial charge on any atom is 0.246 e. The third-order valence-electron chi connectivity index (χ3n) is 1.40. The molecule has 0 aromatic rings. The highest BCUT2D eigenvalue weighted by atomic mass is 16.5. The van der Waals surface area contributed by atoms with E-state index in [0.717, 1.165) is 12.8 Å². The van der Waals surface area contributed by atoms with Gasteiger partial charge < -0.3 is 10.1 Å². The number of hydrogen-bond acceptors (Lipinski definition) is 2. The van der Waals surface area contributed by atoms with Crippen molar-refractivity contribution in [3.63, 3.8) is 0 Å². The van der Waals surface area contributed by atoms with Crippen LogP contribution in [0.5, 0.6) is 0 Å². The van der Waals surface area contributed by atoms with Crippen LogP contribution < -0.4 is 5.32 Å². The zero-order valence-corrected chi connectivity index (χ0v) is 7.52. The SMILES string of the molecule is CCC[C@H](C)NC(=O)COC. The molecule has 3 heteroatoms. The highest BCUT2D eigenvalue weighted by Crippen LogP contribution is 1.93. The van der Waals surface area contributed by atoms with Crippen LogP contribution in [0.1, 0.15) is 26.7 Å². The lowest BCUT2D eigenvalue weighted by molar-refractivity contribution is -0.125. The van der Waals surface area contributed by atoms with E-state index in [1.54, 1.807) is 0 Å². The van der Waals surface area contributed by atoms with Gasteiger partial charge in [0.05, 0.1) is 0 Å². The number of carbonyl (C=O) groups excluding carboxylic acids is 1. The van der Waals surface area contributed by atoms with E-state index < -0.39 is 0 Å². The van der Waals surface area contributed by atoms with Crippen molar-refractivity contribution >= 4 is 5.91 Å². The van der Waals surface area contributed by atoms with E-state index in [4.69, 9.17) is 0 Å². The maximum absolute atomic E-state index is 10.9. The number of carbonyl (C=O) groups is 1. The molecule has 0 heterocycles. The third-order valence-corrected chi connectivity index (χ3v) is 1.40. The van der Waals surface area contributed by atoms with Crippen molar-refractivity contribution in [2.24, 2.45) is 0 Å². The molecule has 0 aliphatic heterocycles. The second kappa shape index (κ2) is 6.16. The molecular formula is C8H17NO2. The molecule has 11 heavy (non-hydrogen) atoms. The van der Waals surface area contributed by atoms with E-state index in [-0.39, 0.29) is 18.6 Å². The van der Waals surface area contributed by atoms with E-state index in [0.29, 0.717) is 0 Å². The van der Waals surface area contributed by atoms with Crippen molar-refractivity contribution in [1.29, 1.82) is 0 Å². The summed E-state index contributed by atoms with van der Waals surface area (Å²) in [5.74, 6) is -0.0338. The van der Waals surface area contributed by atoms with Gasteiger partial charge in [-0.05, 0) is 13.3 Å². The van der Waals surface area contributed by atoms with Crippen LogP contribution in [0.3, 0.4) is 0 Å². The summed E-state index contributed by atoms with van der Waals surface area (Å²) < 4.78 is 4.67. The Morgan fingerprint density at radius 1 is 1.64 bits per heavy atom. The molecule has 1 N–H and O–H groups in total. The first kappa shape index (κ1) is 10.4. The van der Waals surface area contributed by atoms with Crippen LogP contribution in [0.25, 0.3) is 0 Å². The standard InChI is InChI=1S/C8H17NO2/c1-4-5-7(2)9-8(10)6-11-3/h7H,4-6H2,1-3H3,(H,9,10)/t7-/m0/s1. The van der Waals surface area contributed by atoms with Crippen LogP contribution in [0, 0.1) is 0 Å². The highest BCUT2D eigenvalue weighted by molar-refractivity contribution is 5.77. The summed E-state index contributed by atoms with van der Waals surface area (Å²) >= 11 is 0. The molecule has 0 spiro atoms. The number of methoxy groups -OCH3 is 1. The third kappa shape index (κ3) is 5.85. The molecule has 0 fully saturated rings. The van der Waals surface area contributed by atoms with Crippen LogP contribution >= 0.6 is 0 Å². The molecule has 3 nitrogen and oxygen atoms in total. The molecule has 0 aromatic heterocycles. The summed E-state index contributed by atoms with van der Waals surface area (Å²) in [6, 6.07) is 0.266. The average Bonchev–Trinajstić information content (AvgIpc) is 1.87. The molecule has 0 radical (unpaired) electrons. The zero-order valence-electron chi connectivity index (χ0n) is 7.52. The molecule has 0 saturated carbocycles. The Balaban J connectivity index is 3.40. The van der Waals surface area contributed by atoms with Gasteiger partial charge in [0, 0.05) is 13.2 Å². The molecule has 0 aromatic carbocycles. The first-order valence-electron chi connectivity index (χ1n) is 3.99. The summed E-state index contributed by atoms with van der Waals surface area (Å²) in [6.45, 7) is 4.25. The van der Waals surface area contributed by atoms with Crippen LogP contribution in [0.15, 0.2) is 0 Å². The van der Waals surface area contributed by atoms with Gasteiger partial charge in [0.1, 0.15) is 6.61 Å².